The van der Waals surface area contributed by atoms with E-state index in [0.29, 0.717) is 25.8 Å². The van der Waals surface area contributed by atoms with Crippen LogP contribution in [-0.2, 0) is 24.0 Å². The molecule has 0 rings (SSSR count). The van der Waals surface area contributed by atoms with Crippen molar-refractivity contribution < 1.29 is 34.2 Å². The van der Waals surface area contributed by atoms with Crippen molar-refractivity contribution in [2.24, 2.45) is 23.1 Å². The van der Waals surface area contributed by atoms with Crippen molar-refractivity contribution in [3.63, 3.8) is 0 Å². The predicted octanol–water partition coefficient (Wildman–Crippen LogP) is -2.71. The van der Waals surface area contributed by atoms with Crippen LogP contribution in [0.4, 0.5) is 0 Å². The van der Waals surface area contributed by atoms with E-state index in [1.54, 1.807) is 6.92 Å². The second-order valence-corrected chi connectivity index (χ2v) is 7.91. The van der Waals surface area contributed by atoms with Crippen LogP contribution in [0.25, 0.3) is 0 Å². The van der Waals surface area contributed by atoms with E-state index in [-0.39, 0.29) is 25.2 Å². The molecular formula is C20H38N6O7. The van der Waals surface area contributed by atoms with Gasteiger partial charge in [-0.25, -0.2) is 4.79 Å². The quantitative estimate of drug-likeness (QED) is 0.102. The Kier molecular flexibility index (Phi) is 14.6. The Morgan fingerprint density at radius 1 is 0.909 bits per heavy atom. The van der Waals surface area contributed by atoms with Crippen LogP contribution in [0.1, 0.15) is 52.4 Å². The third-order valence-corrected chi connectivity index (χ3v) is 5.21. The standard InChI is InChI=1S/C20H38N6O7/c1-3-11(2)16(26-17(29)12(22)7-8-15(23)28)19(31)24-13(6-4-5-9-21)18(30)25-14(10-27)20(32)33/h11-14,16,27H,3-10,21-22H2,1-2H3,(H2,23,28)(H,24,31)(H,25,30)(H,26,29)(H,32,33). The van der Waals surface area contributed by atoms with E-state index in [1.165, 1.54) is 0 Å². The molecule has 0 aromatic carbocycles. The summed E-state index contributed by atoms with van der Waals surface area (Å²) >= 11 is 0. The zero-order chi connectivity index (χ0) is 25.6. The third-order valence-electron chi connectivity index (χ3n) is 5.21. The van der Waals surface area contributed by atoms with Crippen molar-refractivity contribution in [1.82, 2.24) is 16.0 Å². The second-order valence-electron chi connectivity index (χ2n) is 7.91. The van der Waals surface area contributed by atoms with Gasteiger partial charge in [0, 0.05) is 6.42 Å². The largest absolute Gasteiger partial charge is 0.480 e. The number of rotatable bonds is 17. The van der Waals surface area contributed by atoms with Gasteiger partial charge in [0.2, 0.25) is 23.6 Å². The van der Waals surface area contributed by atoms with E-state index < -0.39 is 60.4 Å². The van der Waals surface area contributed by atoms with E-state index in [1.807, 2.05) is 6.92 Å². The van der Waals surface area contributed by atoms with Crippen LogP contribution >= 0.6 is 0 Å². The molecular weight excluding hydrogens is 436 g/mol. The average molecular weight is 475 g/mol. The summed E-state index contributed by atoms with van der Waals surface area (Å²) in [5, 5.41) is 25.5. The van der Waals surface area contributed by atoms with Gasteiger partial charge in [0.15, 0.2) is 0 Å². The molecule has 13 nitrogen and oxygen atoms in total. The summed E-state index contributed by atoms with van der Waals surface area (Å²) in [5.74, 6) is -4.44. The summed E-state index contributed by atoms with van der Waals surface area (Å²) in [4.78, 5) is 60.1. The first-order valence-electron chi connectivity index (χ1n) is 11.0. The number of carbonyl (C=O) groups is 5. The Balaban J connectivity index is 5.44. The van der Waals surface area contributed by atoms with Gasteiger partial charge in [-0.3, -0.25) is 19.2 Å². The number of nitrogens with two attached hydrogens (primary N) is 3. The van der Waals surface area contributed by atoms with Crippen molar-refractivity contribution >= 4 is 29.6 Å². The van der Waals surface area contributed by atoms with Crippen molar-refractivity contribution in [1.29, 1.82) is 0 Å². The van der Waals surface area contributed by atoms with Crippen LogP contribution in [0.3, 0.4) is 0 Å². The molecule has 0 aromatic heterocycles. The van der Waals surface area contributed by atoms with Gasteiger partial charge in [0.1, 0.15) is 18.1 Å². The highest BCUT2D eigenvalue weighted by atomic mass is 16.4. The molecule has 13 heteroatoms. The number of unbranched alkanes of at least 4 members (excludes halogenated alkanes) is 1. The molecule has 5 unspecified atom stereocenters. The van der Waals surface area contributed by atoms with Crippen molar-refractivity contribution in [2.75, 3.05) is 13.2 Å². The van der Waals surface area contributed by atoms with E-state index in [2.05, 4.69) is 16.0 Å². The van der Waals surface area contributed by atoms with Crippen molar-refractivity contribution in [2.45, 2.75) is 76.5 Å². The fourth-order valence-electron chi connectivity index (χ4n) is 2.87. The maximum absolute atomic E-state index is 13.0. The number of carbonyl (C=O) groups excluding carboxylic acids is 4. The molecule has 0 spiro atoms. The summed E-state index contributed by atoms with van der Waals surface area (Å²) in [6, 6.07) is -4.72. The lowest BCUT2D eigenvalue weighted by atomic mass is 9.96. The lowest BCUT2D eigenvalue weighted by Gasteiger charge is -2.28. The van der Waals surface area contributed by atoms with E-state index in [9.17, 15) is 24.0 Å². The van der Waals surface area contributed by atoms with Gasteiger partial charge in [-0.05, 0) is 38.1 Å². The number of aliphatic carboxylic acids is 1. The smallest absolute Gasteiger partial charge is 0.328 e. The van der Waals surface area contributed by atoms with Crippen LogP contribution < -0.4 is 33.2 Å². The summed E-state index contributed by atoms with van der Waals surface area (Å²) in [6.45, 7) is 3.09. The predicted molar refractivity (Wildman–Crippen MR) is 119 cm³/mol. The molecule has 11 N–H and O–H groups in total. The highest BCUT2D eigenvalue weighted by molar-refractivity contribution is 5.94. The minimum Gasteiger partial charge on any atom is -0.480 e. The highest BCUT2D eigenvalue weighted by Crippen LogP contribution is 2.11. The van der Waals surface area contributed by atoms with Gasteiger partial charge in [-0.1, -0.05) is 20.3 Å². The molecule has 5 atom stereocenters. The minimum atomic E-state index is -1.53. The van der Waals surface area contributed by atoms with Crippen molar-refractivity contribution in [3.8, 4) is 0 Å². The Hall–Kier alpha value is -2.77. The first-order valence-corrected chi connectivity index (χ1v) is 11.0. The Morgan fingerprint density at radius 2 is 1.52 bits per heavy atom. The Labute approximate surface area is 193 Å². The van der Waals surface area contributed by atoms with Gasteiger partial charge in [0.05, 0.1) is 12.6 Å². The second kappa shape index (κ2) is 15.9. The number of primary amides is 1. The van der Waals surface area contributed by atoms with Crippen LogP contribution in [0.15, 0.2) is 0 Å². The molecule has 0 aromatic rings. The lowest BCUT2D eigenvalue weighted by molar-refractivity contribution is -0.143. The van der Waals surface area contributed by atoms with Crippen LogP contribution in [0, 0.1) is 5.92 Å². The summed E-state index contributed by atoms with van der Waals surface area (Å²) in [6.07, 6.45) is 1.66. The topological polar surface area (TPSA) is 240 Å². The summed E-state index contributed by atoms with van der Waals surface area (Å²) < 4.78 is 0. The van der Waals surface area contributed by atoms with Gasteiger partial charge in [0.25, 0.3) is 0 Å². The van der Waals surface area contributed by atoms with E-state index in [4.69, 9.17) is 27.4 Å². The number of aliphatic hydroxyl groups excluding tert-OH is 1. The third kappa shape index (κ3) is 11.6. The number of hydrogen-bond acceptors (Lipinski definition) is 8. The molecule has 4 amide bonds. The number of amides is 4. The van der Waals surface area contributed by atoms with E-state index in [0.717, 1.165) is 0 Å². The minimum absolute atomic E-state index is 0.0118. The molecule has 0 heterocycles. The van der Waals surface area contributed by atoms with E-state index >= 15 is 0 Å². The number of hydrogen-bond donors (Lipinski definition) is 8. The van der Waals surface area contributed by atoms with Crippen molar-refractivity contribution in [3.05, 3.63) is 0 Å². The molecule has 190 valence electrons. The van der Waals surface area contributed by atoms with Gasteiger partial charge >= 0.3 is 5.97 Å². The SMILES string of the molecule is CCC(C)C(NC(=O)C(N)CCC(N)=O)C(=O)NC(CCCCN)C(=O)NC(CO)C(=O)O. The molecule has 0 aliphatic rings. The van der Waals surface area contributed by atoms with Crippen LogP contribution in [-0.4, -0.2) is 77.1 Å². The van der Waals surface area contributed by atoms with Gasteiger partial charge in [-0.15, -0.1) is 0 Å². The fourth-order valence-corrected chi connectivity index (χ4v) is 2.87. The van der Waals surface area contributed by atoms with Gasteiger partial charge in [-0.2, -0.15) is 0 Å². The molecule has 0 aliphatic carbocycles. The molecule has 33 heavy (non-hydrogen) atoms. The fraction of sp³-hybridized carbons (Fsp3) is 0.750. The number of aliphatic hydroxyl groups is 1. The number of carboxylic acids is 1. The summed E-state index contributed by atoms with van der Waals surface area (Å²) in [7, 11) is 0. The summed E-state index contributed by atoms with van der Waals surface area (Å²) in [5.41, 5.74) is 16.3. The Bertz CT molecular complexity index is 675. The zero-order valence-electron chi connectivity index (χ0n) is 19.2. The number of carboxylic acid groups (broad SMARTS) is 1. The average Bonchev–Trinajstić information content (AvgIpc) is 2.77. The maximum atomic E-state index is 13.0. The van der Waals surface area contributed by atoms with Gasteiger partial charge < -0.3 is 43.4 Å². The molecule has 0 radical (unpaired) electrons. The van der Waals surface area contributed by atoms with Crippen LogP contribution in [0.5, 0.6) is 0 Å². The normalized spacial score (nSPS) is 15.4. The highest BCUT2D eigenvalue weighted by Gasteiger charge is 2.32. The molecule has 0 aliphatic heterocycles. The first kappa shape index (κ1) is 30.2. The monoisotopic (exact) mass is 474 g/mol. The molecule has 0 saturated heterocycles. The maximum Gasteiger partial charge on any atom is 0.328 e. The molecule has 0 bridgehead atoms. The molecule has 0 saturated carbocycles. The first-order chi connectivity index (χ1) is 15.5. The zero-order valence-corrected chi connectivity index (χ0v) is 19.2. The Morgan fingerprint density at radius 3 is 2.00 bits per heavy atom. The molecule has 0 fully saturated rings. The number of nitrogens with one attached hydrogen (secondary N) is 3. The van der Waals surface area contributed by atoms with Crippen LogP contribution in [0.2, 0.25) is 0 Å². The lowest BCUT2D eigenvalue weighted by Crippen LogP contribution is -2.58.